The molecule has 0 saturated carbocycles. The number of ether oxygens (including phenoxy) is 2. The van der Waals surface area contributed by atoms with Gasteiger partial charge in [-0.15, -0.1) is 11.6 Å². The van der Waals surface area contributed by atoms with Crippen LogP contribution in [0, 0.1) is 0 Å². The number of benzene rings is 1. The van der Waals surface area contributed by atoms with Gasteiger partial charge in [-0.1, -0.05) is 18.2 Å². The molecule has 82 valence electrons. The lowest BCUT2D eigenvalue weighted by Gasteiger charge is -2.14. The van der Waals surface area contributed by atoms with Crippen LogP contribution in [-0.4, -0.2) is 24.6 Å². The van der Waals surface area contributed by atoms with Gasteiger partial charge < -0.3 is 9.47 Å². The molecule has 1 atom stereocenters. The second kappa shape index (κ2) is 6.30. The molecular weight excluding hydrogens is 216 g/mol. The highest BCUT2D eigenvalue weighted by Crippen LogP contribution is 2.09. The van der Waals surface area contributed by atoms with Gasteiger partial charge in [0.25, 0.3) is 0 Å². The largest absolute Gasteiger partial charge is 0.490 e. The van der Waals surface area contributed by atoms with Crippen LogP contribution in [0.3, 0.4) is 0 Å². The topological polar surface area (TPSA) is 35.5 Å². The van der Waals surface area contributed by atoms with Crippen LogP contribution in [0.2, 0.25) is 0 Å². The maximum atomic E-state index is 10.7. The molecule has 15 heavy (non-hydrogen) atoms. The number of hydrogen-bond donors (Lipinski definition) is 0. The summed E-state index contributed by atoms with van der Waals surface area (Å²) in [5, 5.41) is 0. The molecule has 1 rings (SSSR count). The van der Waals surface area contributed by atoms with Crippen molar-refractivity contribution in [1.82, 2.24) is 0 Å². The van der Waals surface area contributed by atoms with Crippen molar-refractivity contribution in [2.45, 2.75) is 13.0 Å². The summed E-state index contributed by atoms with van der Waals surface area (Å²) >= 11 is 5.62. The first-order valence-electron chi connectivity index (χ1n) is 4.63. The van der Waals surface area contributed by atoms with Gasteiger partial charge in [0.1, 0.15) is 18.5 Å². The summed E-state index contributed by atoms with van der Waals surface area (Å²) in [6.45, 7) is 1.62. The lowest BCUT2D eigenvalue weighted by atomic mass is 10.3. The highest BCUT2D eigenvalue weighted by Gasteiger charge is 2.11. The third-order valence-electron chi connectivity index (χ3n) is 1.68. The van der Waals surface area contributed by atoms with E-state index in [1.807, 2.05) is 30.3 Å². The van der Waals surface area contributed by atoms with Gasteiger partial charge in [-0.25, -0.2) is 0 Å². The molecule has 0 fully saturated rings. The number of carbonyl (C=O) groups excluding carboxylic acids is 1. The minimum atomic E-state index is -0.399. The van der Waals surface area contributed by atoms with E-state index in [1.165, 1.54) is 6.92 Å². The molecule has 0 aliphatic carbocycles. The van der Waals surface area contributed by atoms with Crippen molar-refractivity contribution in [1.29, 1.82) is 0 Å². The number of hydrogen-bond acceptors (Lipinski definition) is 3. The van der Waals surface area contributed by atoms with E-state index in [9.17, 15) is 4.79 Å². The fourth-order valence-electron chi connectivity index (χ4n) is 1.05. The van der Waals surface area contributed by atoms with Gasteiger partial charge in [-0.05, 0) is 12.1 Å². The normalized spacial score (nSPS) is 11.9. The molecule has 0 aromatic heterocycles. The fourth-order valence-corrected chi connectivity index (χ4v) is 1.20. The Hall–Kier alpha value is -1.22. The smallest absolute Gasteiger partial charge is 0.303 e. The summed E-state index contributed by atoms with van der Waals surface area (Å²) in [5.74, 6) is 0.615. The summed E-state index contributed by atoms with van der Waals surface area (Å²) in [5.41, 5.74) is 0. The van der Waals surface area contributed by atoms with E-state index in [4.69, 9.17) is 21.1 Å². The van der Waals surface area contributed by atoms with E-state index in [1.54, 1.807) is 0 Å². The van der Waals surface area contributed by atoms with Crippen LogP contribution in [0.1, 0.15) is 6.92 Å². The number of para-hydroxylation sites is 1. The maximum Gasteiger partial charge on any atom is 0.303 e. The molecule has 0 radical (unpaired) electrons. The van der Waals surface area contributed by atoms with E-state index in [-0.39, 0.29) is 18.5 Å². The fraction of sp³-hybridized carbons (Fsp3) is 0.364. The molecule has 0 amide bonds. The molecule has 0 saturated heterocycles. The number of alkyl halides is 1. The van der Waals surface area contributed by atoms with Gasteiger partial charge >= 0.3 is 5.97 Å². The Balaban J connectivity index is 2.37. The Morgan fingerprint density at radius 2 is 2.07 bits per heavy atom. The number of halogens is 1. The third-order valence-corrected chi connectivity index (χ3v) is 2.03. The van der Waals surface area contributed by atoms with Gasteiger partial charge in [0, 0.05) is 6.92 Å². The predicted molar refractivity (Wildman–Crippen MR) is 58.2 cm³/mol. The first-order chi connectivity index (χ1) is 7.22. The number of carbonyl (C=O) groups is 1. The third kappa shape index (κ3) is 4.70. The lowest BCUT2D eigenvalue weighted by molar-refractivity contribution is -0.146. The molecule has 1 aromatic rings. The van der Waals surface area contributed by atoms with Crippen LogP contribution in [-0.2, 0) is 9.53 Å². The Labute approximate surface area is 93.9 Å². The average molecular weight is 229 g/mol. The Kier molecular flexibility index (Phi) is 4.98. The summed E-state index contributed by atoms with van der Waals surface area (Å²) in [6, 6.07) is 9.31. The molecule has 1 aromatic carbocycles. The molecule has 0 spiro atoms. The van der Waals surface area contributed by atoms with Gasteiger partial charge in [0.2, 0.25) is 0 Å². The molecule has 0 N–H and O–H groups in total. The van der Waals surface area contributed by atoms with Crippen LogP contribution >= 0.6 is 11.6 Å². The Bertz CT molecular complexity index is 300. The minimum Gasteiger partial charge on any atom is -0.490 e. The maximum absolute atomic E-state index is 10.7. The predicted octanol–water partition coefficient (Wildman–Crippen LogP) is 2.24. The van der Waals surface area contributed by atoms with Crippen molar-refractivity contribution >= 4 is 17.6 Å². The first-order valence-corrected chi connectivity index (χ1v) is 5.17. The molecule has 1 unspecified atom stereocenters. The van der Waals surface area contributed by atoms with E-state index in [0.717, 1.165) is 5.75 Å². The average Bonchev–Trinajstić information content (AvgIpc) is 2.25. The van der Waals surface area contributed by atoms with Gasteiger partial charge in [-0.3, -0.25) is 4.79 Å². The molecule has 0 aliphatic rings. The van der Waals surface area contributed by atoms with Crippen LogP contribution in [0.4, 0.5) is 0 Å². The van der Waals surface area contributed by atoms with Crippen molar-refractivity contribution in [2.24, 2.45) is 0 Å². The zero-order chi connectivity index (χ0) is 11.1. The van der Waals surface area contributed by atoms with Gasteiger partial charge in [0.05, 0.1) is 5.88 Å². The van der Waals surface area contributed by atoms with Gasteiger partial charge in [-0.2, -0.15) is 0 Å². The number of esters is 1. The molecule has 0 aliphatic heterocycles. The molecule has 4 heteroatoms. The minimum absolute atomic E-state index is 0.229. The van der Waals surface area contributed by atoms with Crippen molar-refractivity contribution in [3.05, 3.63) is 30.3 Å². The van der Waals surface area contributed by atoms with Crippen molar-refractivity contribution in [2.75, 3.05) is 12.5 Å². The van der Waals surface area contributed by atoms with E-state index >= 15 is 0 Å². The van der Waals surface area contributed by atoms with Crippen molar-refractivity contribution in [3.63, 3.8) is 0 Å². The van der Waals surface area contributed by atoms with Crippen LogP contribution in [0.15, 0.2) is 30.3 Å². The lowest BCUT2D eigenvalue weighted by Crippen LogP contribution is -2.25. The van der Waals surface area contributed by atoms with E-state index in [0.29, 0.717) is 0 Å². The molecule has 3 nitrogen and oxygen atoms in total. The zero-order valence-electron chi connectivity index (χ0n) is 8.48. The summed E-state index contributed by atoms with van der Waals surface area (Å²) in [7, 11) is 0. The van der Waals surface area contributed by atoms with Crippen LogP contribution in [0.25, 0.3) is 0 Å². The summed E-state index contributed by atoms with van der Waals surface area (Å²) in [4.78, 5) is 10.7. The van der Waals surface area contributed by atoms with Crippen LogP contribution < -0.4 is 4.74 Å². The van der Waals surface area contributed by atoms with Crippen molar-refractivity contribution < 1.29 is 14.3 Å². The zero-order valence-corrected chi connectivity index (χ0v) is 9.24. The second-order valence-electron chi connectivity index (χ2n) is 3.01. The second-order valence-corrected chi connectivity index (χ2v) is 3.32. The SMILES string of the molecule is CC(=O)OC(CCl)COc1ccccc1. The summed E-state index contributed by atoms with van der Waals surface area (Å²) in [6.07, 6.45) is -0.399. The standard InChI is InChI=1S/C11H13ClO3/c1-9(13)15-11(7-12)8-14-10-5-3-2-4-6-10/h2-6,11H,7-8H2,1H3. The molecule has 0 bridgehead atoms. The van der Waals surface area contributed by atoms with Crippen molar-refractivity contribution in [3.8, 4) is 5.75 Å². The molecule has 0 heterocycles. The Morgan fingerprint density at radius 3 is 2.60 bits per heavy atom. The number of rotatable bonds is 5. The quantitative estimate of drug-likeness (QED) is 0.573. The molecular formula is C11H13ClO3. The van der Waals surface area contributed by atoms with E-state index < -0.39 is 6.10 Å². The van der Waals surface area contributed by atoms with Crippen LogP contribution in [0.5, 0.6) is 5.75 Å². The van der Waals surface area contributed by atoms with E-state index in [2.05, 4.69) is 0 Å². The van der Waals surface area contributed by atoms with Gasteiger partial charge in [0.15, 0.2) is 0 Å². The summed E-state index contributed by atoms with van der Waals surface area (Å²) < 4.78 is 10.3. The monoisotopic (exact) mass is 228 g/mol. The highest BCUT2D eigenvalue weighted by molar-refractivity contribution is 6.18. The first kappa shape index (κ1) is 11.9. The highest BCUT2D eigenvalue weighted by atomic mass is 35.5. The Morgan fingerprint density at radius 1 is 1.40 bits per heavy atom.